The van der Waals surface area contributed by atoms with E-state index in [9.17, 15) is 5.11 Å². The molecule has 106 valence electrons. The van der Waals surface area contributed by atoms with Crippen LogP contribution in [-0.2, 0) is 6.42 Å². The van der Waals surface area contributed by atoms with Crippen LogP contribution in [-0.4, -0.2) is 12.5 Å². The van der Waals surface area contributed by atoms with E-state index in [1.807, 2.05) is 36.4 Å². The van der Waals surface area contributed by atoms with E-state index in [4.69, 9.17) is 33.8 Å². The van der Waals surface area contributed by atoms with Crippen LogP contribution in [0.2, 0.25) is 11.1 Å². The molecule has 0 aliphatic carbocycles. The van der Waals surface area contributed by atoms with Crippen molar-refractivity contribution in [1.82, 2.24) is 0 Å². The van der Waals surface area contributed by atoms with Crippen LogP contribution in [0.3, 0.4) is 0 Å². The molecule has 0 aromatic heterocycles. The monoisotopic (exact) mass is 344 g/mol. The van der Waals surface area contributed by atoms with Gasteiger partial charge in [0.05, 0.1) is 0 Å². The molecule has 0 spiro atoms. The van der Waals surface area contributed by atoms with Crippen LogP contribution < -0.4 is 0 Å². The Hall–Kier alpha value is -0.673. The molecular formula is C15H15Cl3OSi. The second-order valence-corrected chi connectivity index (χ2v) is 10.3. The molecule has 2 aromatic rings. The second kappa shape index (κ2) is 7.37. The highest BCUT2D eigenvalue weighted by Gasteiger charge is 2.08. The Morgan fingerprint density at radius 3 is 2.35 bits per heavy atom. The number of phenols is 1. The van der Waals surface area contributed by atoms with Gasteiger partial charge in [0.2, 0.25) is 7.42 Å². The first-order valence-corrected chi connectivity index (χ1v) is 11.1. The van der Waals surface area contributed by atoms with Crippen molar-refractivity contribution in [1.29, 1.82) is 0 Å². The normalized spacial score (nSPS) is 11.0. The highest BCUT2D eigenvalue weighted by atomic mass is 35.7. The molecule has 0 heterocycles. The summed E-state index contributed by atoms with van der Waals surface area (Å²) in [5.74, 6) is 0.281. The smallest absolute Gasteiger partial charge is 0.237 e. The van der Waals surface area contributed by atoms with Gasteiger partial charge in [0, 0.05) is 5.02 Å². The molecule has 0 fully saturated rings. The van der Waals surface area contributed by atoms with Gasteiger partial charge in [0.1, 0.15) is 5.75 Å². The Kier molecular flexibility index (Phi) is 5.79. The molecule has 0 atom stereocenters. The van der Waals surface area contributed by atoms with Crippen LogP contribution in [0.25, 0.3) is 11.1 Å². The summed E-state index contributed by atoms with van der Waals surface area (Å²) in [7, 11) is -1.56. The third-order valence-electron chi connectivity index (χ3n) is 3.11. The third kappa shape index (κ3) is 4.42. The summed E-state index contributed by atoms with van der Waals surface area (Å²) in [5.41, 5.74) is 3.31. The van der Waals surface area contributed by atoms with Gasteiger partial charge in [-0.25, -0.2) is 0 Å². The molecule has 0 amide bonds. The van der Waals surface area contributed by atoms with Crippen LogP contribution in [0.5, 0.6) is 5.75 Å². The fourth-order valence-electron chi connectivity index (χ4n) is 2.14. The SMILES string of the molecule is Oc1ccc(-c2ccc(Cl)cc2)c(CCC[SiH](Cl)Cl)c1. The van der Waals surface area contributed by atoms with Crippen molar-refractivity contribution in [3.63, 3.8) is 0 Å². The van der Waals surface area contributed by atoms with Crippen molar-refractivity contribution in [3.8, 4) is 16.9 Å². The molecule has 1 nitrogen and oxygen atoms in total. The zero-order valence-electron chi connectivity index (χ0n) is 10.8. The molecule has 0 radical (unpaired) electrons. The van der Waals surface area contributed by atoms with Crippen molar-refractivity contribution in [2.24, 2.45) is 0 Å². The second-order valence-electron chi connectivity index (χ2n) is 4.63. The largest absolute Gasteiger partial charge is 0.508 e. The first kappa shape index (κ1) is 15.7. The first-order valence-electron chi connectivity index (χ1n) is 6.42. The molecule has 0 saturated carbocycles. The fraction of sp³-hybridized carbons (Fsp3) is 0.200. The lowest BCUT2D eigenvalue weighted by Gasteiger charge is -2.11. The van der Waals surface area contributed by atoms with E-state index in [1.165, 1.54) is 0 Å². The maximum absolute atomic E-state index is 9.67. The van der Waals surface area contributed by atoms with Gasteiger partial charge >= 0.3 is 0 Å². The number of aromatic hydroxyl groups is 1. The highest BCUT2D eigenvalue weighted by Crippen LogP contribution is 2.29. The Balaban J connectivity index is 2.25. The number of rotatable bonds is 5. The van der Waals surface area contributed by atoms with Gasteiger partial charge in [0.15, 0.2) is 0 Å². The van der Waals surface area contributed by atoms with E-state index in [-0.39, 0.29) is 5.75 Å². The van der Waals surface area contributed by atoms with Gasteiger partial charge in [-0.05, 0) is 59.8 Å². The number of halogens is 3. The molecule has 0 aliphatic heterocycles. The lowest BCUT2D eigenvalue weighted by atomic mass is 9.96. The van der Waals surface area contributed by atoms with Crippen LogP contribution in [0, 0.1) is 0 Å². The van der Waals surface area contributed by atoms with E-state index in [1.54, 1.807) is 6.07 Å². The average Bonchev–Trinajstić information content (AvgIpc) is 2.40. The molecule has 0 unspecified atom stereocenters. The predicted octanol–water partition coefficient (Wildman–Crippen LogP) is 5.34. The van der Waals surface area contributed by atoms with Crippen molar-refractivity contribution in [2.75, 3.05) is 0 Å². The topological polar surface area (TPSA) is 20.2 Å². The zero-order chi connectivity index (χ0) is 14.5. The van der Waals surface area contributed by atoms with Gasteiger partial charge in [-0.15, -0.1) is 0 Å². The Labute approximate surface area is 135 Å². The summed E-state index contributed by atoms with van der Waals surface area (Å²) in [6.45, 7) is 0. The maximum Gasteiger partial charge on any atom is 0.237 e. The Morgan fingerprint density at radius 2 is 1.70 bits per heavy atom. The van der Waals surface area contributed by atoms with Crippen molar-refractivity contribution >= 4 is 41.2 Å². The average molecular weight is 346 g/mol. The molecule has 20 heavy (non-hydrogen) atoms. The van der Waals surface area contributed by atoms with Gasteiger partial charge in [-0.1, -0.05) is 29.8 Å². The molecule has 0 saturated heterocycles. The molecule has 0 aliphatic rings. The number of benzene rings is 2. The van der Waals surface area contributed by atoms with Crippen LogP contribution >= 0.6 is 33.8 Å². The predicted molar refractivity (Wildman–Crippen MR) is 90.5 cm³/mol. The van der Waals surface area contributed by atoms with Gasteiger partial charge in [-0.2, -0.15) is 22.2 Å². The number of phenolic OH excluding ortho intramolecular Hbond substituents is 1. The van der Waals surface area contributed by atoms with E-state index in [0.717, 1.165) is 35.6 Å². The summed E-state index contributed by atoms with van der Waals surface area (Å²) in [5, 5.41) is 10.4. The molecule has 1 N–H and O–H groups in total. The van der Waals surface area contributed by atoms with E-state index in [0.29, 0.717) is 5.02 Å². The summed E-state index contributed by atoms with van der Waals surface area (Å²) in [6.07, 6.45) is 1.79. The van der Waals surface area contributed by atoms with Gasteiger partial charge in [0.25, 0.3) is 0 Å². The summed E-state index contributed by atoms with van der Waals surface area (Å²) in [6, 6.07) is 14.0. The van der Waals surface area contributed by atoms with Crippen molar-refractivity contribution in [2.45, 2.75) is 18.9 Å². The highest BCUT2D eigenvalue weighted by molar-refractivity contribution is 7.33. The Morgan fingerprint density at radius 1 is 1.00 bits per heavy atom. The van der Waals surface area contributed by atoms with Crippen LogP contribution in [0.1, 0.15) is 12.0 Å². The van der Waals surface area contributed by atoms with Gasteiger partial charge in [-0.3, -0.25) is 0 Å². The quantitative estimate of drug-likeness (QED) is 0.572. The lowest BCUT2D eigenvalue weighted by Crippen LogP contribution is -1.96. The molecule has 2 rings (SSSR count). The summed E-state index contributed by atoms with van der Waals surface area (Å²) >= 11 is 17.7. The zero-order valence-corrected chi connectivity index (χ0v) is 14.2. The minimum Gasteiger partial charge on any atom is -0.508 e. The standard InChI is InChI=1S/C15H15Cl3OSi/c16-13-5-3-11(4-6-13)15-8-7-14(19)10-12(15)2-1-9-20(17)18/h3-8,10,19-20H,1-2,9H2. The third-order valence-corrected chi connectivity index (χ3v) is 5.52. The fourth-order valence-corrected chi connectivity index (χ4v) is 3.71. The maximum atomic E-state index is 9.67. The number of hydrogen-bond acceptors (Lipinski definition) is 1. The van der Waals surface area contributed by atoms with E-state index >= 15 is 0 Å². The van der Waals surface area contributed by atoms with E-state index in [2.05, 4.69) is 0 Å². The van der Waals surface area contributed by atoms with Crippen molar-refractivity contribution < 1.29 is 5.11 Å². The lowest BCUT2D eigenvalue weighted by molar-refractivity contribution is 0.474. The minimum absolute atomic E-state index is 0.281. The molecule has 0 bridgehead atoms. The molecule has 2 aromatic carbocycles. The van der Waals surface area contributed by atoms with Crippen molar-refractivity contribution in [3.05, 3.63) is 53.1 Å². The first-order chi connectivity index (χ1) is 9.56. The summed E-state index contributed by atoms with van der Waals surface area (Å²) in [4.78, 5) is 0. The molecular weight excluding hydrogens is 331 g/mol. The summed E-state index contributed by atoms with van der Waals surface area (Å²) < 4.78 is 0. The Bertz CT molecular complexity index is 570. The van der Waals surface area contributed by atoms with Crippen LogP contribution in [0.15, 0.2) is 42.5 Å². The molecule has 5 heteroatoms. The van der Waals surface area contributed by atoms with Crippen LogP contribution in [0.4, 0.5) is 0 Å². The number of aryl methyl sites for hydroxylation is 1. The minimum atomic E-state index is -1.56. The van der Waals surface area contributed by atoms with E-state index < -0.39 is 7.42 Å². The number of hydrogen-bond donors (Lipinski definition) is 1. The van der Waals surface area contributed by atoms with Gasteiger partial charge < -0.3 is 5.11 Å².